The van der Waals surface area contributed by atoms with E-state index in [9.17, 15) is 0 Å². The minimum Gasteiger partial charge on any atom is -0.396 e. The summed E-state index contributed by atoms with van der Waals surface area (Å²) in [5.41, 5.74) is 0.206. The van der Waals surface area contributed by atoms with Crippen LogP contribution in [0.4, 0.5) is 0 Å². The average Bonchev–Trinajstić information content (AvgIpc) is 2.23. The first kappa shape index (κ1) is 15.9. The molecule has 2 N–H and O–H groups in total. The molecule has 0 saturated heterocycles. The van der Waals surface area contributed by atoms with Crippen molar-refractivity contribution in [2.45, 2.75) is 66.3 Å². The van der Waals surface area contributed by atoms with Gasteiger partial charge in [-0.25, -0.2) is 0 Å². The van der Waals surface area contributed by atoms with Crippen molar-refractivity contribution < 1.29 is 5.11 Å². The van der Waals surface area contributed by atoms with Crippen LogP contribution in [0.25, 0.3) is 0 Å². The van der Waals surface area contributed by atoms with E-state index in [-0.39, 0.29) is 12.0 Å². The molecule has 0 heterocycles. The summed E-state index contributed by atoms with van der Waals surface area (Å²) in [4.78, 5) is 0. The third-order valence-electron chi connectivity index (χ3n) is 3.53. The number of hydrogen-bond acceptors (Lipinski definition) is 2. The fourth-order valence-corrected chi connectivity index (χ4v) is 1.86. The summed E-state index contributed by atoms with van der Waals surface area (Å²) in [5.74, 6) is 0.804. The number of aliphatic hydroxyl groups excluding tert-OH is 1. The van der Waals surface area contributed by atoms with E-state index in [1.165, 1.54) is 19.3 Å². The van der Waals surface area contributed by atoms with E-state index in [0.29, 0.717) is 6.04 Å². The van der Waals surface area contributed by atoms with Gasteiger partial charge in [-0.05, 0) is 30.6 Å². The Labute approximate surface area is 102 Å². The fourth-order valence-electron chi connectivity index (χ4n) is 1.86. The molecule has 0 radical (unpaired) electrons. The van der Waals surface area contributed by atoms with E-state index in [4.69, 9.17) is 5.11 Å². The SMILES string of the molecule is CCC(C)CC(CC)NCC(C)(C)CCO. The molecule has 0 aliphatic carbocycles. The second-order valence-electron chi connectivity index (χ2n) is 5.87. The van der Waals surface area contributed by atoms with Gasteiger partial charge in [-0.1, -0.05) is 41.0 Å². The normalized spacial score (nSPS) is 16.1. The average molecular weight is 229 g/mol. The molecule has 0 fully saturated rings. The summed E-state index contributed by atoms with van der Waals surface area (Å²) >= 11 is 0. The third kappa shape index (κ3) is 7.24. The van der Waals surface area contributed by atoms with Crippen molar-refractivity contribution in [1.29, 1.82) is 0 Å². The summed E-state index contributed by atoms with van der Waals surface area (Å²) in [6.07, 6.45) is 4.60. The van der Waals surface area contributed by atoms with E-state index < -0.39 is 0 Å². The van der Waals surface area contributed by atoms with Crippen molar-refractivity contribution in [3.8, 4) is 0 Å². The molecular formula is C14H31NO. The van der Waals surface area contributed by atoms with Crippen LogP contribution in [-0.2, 0) is 0 Å². The third-order valence-corrected chi connectivity index (χ3v) is 3.53. The Morgan fingerprint density at radius 1 is 1.19 bits per heavy atom. The van der Waals surface area contributed by atoms with Crippen LogP contribution in [0.3, 0.4) is 0 Å². The highest BCUT2D eigenvalue weighted by Crippen LogP contribution is 2.19. The van der Waals surface area contributed by atoms with Gasteiger partial charge in [0.25, 0.3) is 0 Å². The molecular weight excluding hydrogens is 198 g/mol. The fraction of sp³-hybridized carbons (Fsp3) is 1.00. The zero-order chi connectivity index (χ0) is 12.6. The Bertz CT molecular complexity index is 168. The predicted octanol–water partition coefficient (Wildman–Crippen LogP) is 3.20. The van der Waals surface area contributed by atoms with Gasteiger partial charge in [0, 0.05) is 19.2 Å². The maximum absolute atomic E-state index is 8.98. The lowest BCUT2D eigenvalue weighted by molar-refractivity contribution is 0.199. The number of aliphatic hydroxyl groups is 1. The lowest BCUT2D eigenvalue weighted by atomic mass is 9.88. The summed E-state index contributed by atoms with van der Waals surface area (Å²) in [6.45, 7) is 12.5. The first-order valence-electron chi connectivity index (χ1n) is 6.79. The second kappa shape index (κ2) is 8.08. The van der Waals surface area contributed by atoms with E-state index >= 15 is 0 Å². The molecule has 0 aliphatic heterocycles. The number of hydrogen-bond donors (Lipinski definition) is 2. The van der Waals surface area contributed by atoms with Gasteiger partial charge in [-0.3, -0.25) is 0 Å². The summed E-state index contributed by atoms with van der Waals surface area (Å²) in [6, 6.07) is 0.632. The Kier molecular flexibility index (Phi) is 8.04. The molecule has 2 unspecified atom stereocenters. The molecule has 2 heteroatoms. The van der Waals surface area contributed by atoms with Crippen LogP contribution in [0.1, 0.15) is 60.3 Å². The largest absolute Gasteiger partial charge is 0.396 e. The first-order valence-corrected chi connectivity index (χ1v) is 6.79. The highest BCUT2D eigenvalue weighted by molar-refractivity contribution is 4.75. The summed E-state index contributed by atoms with van der Waals surface area (Å²) in [5, 5.41) is 12.6. The van der Waals surface area contributed by atoms with E-state index in [0.717, 1.165) is 18.9 Å². The van der Waals surface area contributed by atoms with E-state index in [1.807, 2.05) is 0 Å². The smallest absolute Gasteiger partial charge is 0.0436 e. The van der Waals surface area contributed by atoms with Crippen molar-refractivity contribution >= 4 is 0 Å². The maximum Gasteiger partial charge on any atom is 0.0436 e. The van der Waals surface area contributed by atoms with Crippen molar-refractivity contribution in [2.75, 3.05) is 13.2 Å². The van der Waals surface area contributed by atoms with Gasteiger partial charge in [0.05, 0.1) is 0 Å². The summed E-state index contributed by atoms with van der Waals surface area (Å²) in [7, 11) is 0. The molecule has 0 spiro atoms. The minimum absolute atomic E-state index is 0.206. The van der Waals surface area contributed by atoms with Crippen LogP contribution in [0, 0.1) is 11.3 Å². The Balaban J connectivity index is 3.94. The van der Waals surface area contributed by atoms with Gasteiger partial charge in [0.2, 0.25) is 0 Å². The zero-order valence-electron chi connectivity index (χ0n) is 11.8. The number of nitrogens with one attached hydrogen (secondary N) is 1. The minimum atomic E-state index is 0.206. The predicted molar refractivity (Wildman–Crippen MR) is 71.6 cm³/mol. The molecule has 2 nitrogen and oxygen atoms in total. The summed E-state index contributed by atoms with van der Waals surface area (Å²) < 4.78 is 0. The standard InChI is InChI=1S/C14H31NO/c1-6-12(3)10-13(7-2)15-11-14(4,5)8-9-16/h12-13,15-16H,6-11H2,1-5H3. The topological polar surface area (TPSA) is 32.3 Å². The Hall–Kier alpha value is -0.0800. The first-order chi connectivity index (χ1) is 7.45. The van der Waals surface area contributed by atoms with Gasteiger partial charge in [-0.15, -0.1) is 0 Å². The van der Waals surface area contributed by atoms with Gasteiger partial charge >= 0.3 is 0 Å². The molecule has 0 amide bonds. The molecule has 0 aromatic carbocycles. The lowest BCUT2D eigenvalue weighted by Gasteiger charge is -2.28. The monoisotopic (exact) mass is 229 g/mol. The van der Waals surface area contributed by atoms with Crippen LogP contribution >= 0.6 is 0 Å². The molecule has 98 valence electrons. The molecule has 0 aliphatic rings. The van der Waals surface area contributed by atoms with Gasteiger partial charge in [0.1, 0.15) is 0 Å². The van der Waals surface area contributed by atoms with Crippen LogP contribution in [-0.4, -0.2) is 24.3 Å². The van der Waals surface area contributed by atoms with Crippen LogP contribution in [0.15, 0.2) is 0 Å². The molecule has 0 rings (SSSR count). The maximum atomic E-state index is 8.98. The van der Waals surface area contributed by atoms with Gasteiger partial charge in [-0.2, -0.15) is 0 Å². The molecule has 2 atom stereocenters. The van der Waals surface area contributed by atoms with Gasteiger partial charge < -0.3 is 10.4 Å². The molecule has 0 bridgehead atoms. The highest BCUT2D eigenvalue weighted by Gasteiger charge is 2.19. The van der Waals surface area contributed by atoms with Crippen molar-refractivity contribution in [3.63, 3.8) is 0 Å². The Morgan fingerprint density at radius 3 is 2.25 bits per heavy atom. The van der Waals surface area contributed by atoms with Gasteiger partial charge in [0.15, 0.2) is 0 Å². The zero-order valence-corrected chi connectivity index (χ0v) is 11.8. The van der Waals surface area contributed by atoms with E-state index in [1.54, 1.807) is 0 Å². The Morgan fingerprint density at radius 2 is 1.81 bits per heavy atom. The second-order valence-corrected chi connectivity index (χ2v) is 5.87. The molecule has 0 aromatic rings. The number of rotatable bonds is 9. The van der Waals surface area contributed by atoms with Crippen molar-refractivity contribution in [1.82, 2.24) is 5.32 Å². The molecule has 0 aromatic heterocycles. The van der Waals surface area contributed by atoms with Crippen LogP contribution in [0.2, 0.25) is 0 Å². The lowest BCUT2D eigenvalue weighted by Crippen LogP contribution is -2.38. The van der Waals surface area contributed by atoms with Crippen LogP contribution in [0.5, 0.6) is 0 Å². The molecule has 0 saturated carbocycles. The van der Waals surface area contributed by atoms with Crippen LogP contribution < -0.4 is 5.32 Å². The quantitative estimate of drug-likeness (QED) is 0.636. The van der Waals surface area contributed by atoms with Crippen molar-refractivity contribution in [3.05, 3.63) is 0 Å². The van der Waals surface area contributed by atoms with Crippen molar-refractivity contribution in [2.24, 2.45) is 11.3 Å². The highest BCUT2D eigenvalue weighted by atomic mass is 16.3. The van der Waals surface area contributed by atoms with E-state index in [2.05, 4.69) is 39.9 Å². The molecule has 16 heavy (non-hydrogen) atoms.